The van der Waals surface area contributed by atoms with Crippen LogP contribution in [0.3, 0.4) is 0 Å². The molecule has 0 aliphatic heterocycles. The van der Waals surface area contributed by atoms with Crippen LogP contribution in [0.25, 0.3) is 0 Å². The Kier molecular flexibility index (Phi) is 8.98. The lowest BCUT2D eigenvalue weighted by molar-refractivity contribution is -0.119. The van der Waals surface area contributed by atoms with E-state index < -0.39 is 10.0 Å². The Morgan fingerprint density at radius 2 is 1.77 bits per heavy atom. The smallest absolute Gasteiger partial charge is 0.240 e. The van der Waals surface area contributed by atoms with Crippen molar-refractivity contribution in [2.24, 2.45) is 0 Å². The number of carbonyl (C=O) groups is 1. The van der Waals surface area contributed by atoms with Gasteiger partial charge in [0, 0.05) is 12.6 Å². The van der Waals surface area contributed by atoms with Crippen molar-refractivity contribution in [3.8, 4) is 11.5 Å². The molecule has 0 heterocycles. The zero-order chi connectivity index (χ0) is 22.0. The molecular weight excluding hydrogens is 404 g/mol. The Bertz CT molecular complexity index is 931. The number of ether oxygens (including phenoxy) is 2. The van der Waals surface area contributed by atoms with Crippen LogP contribution in [0.2, 0.25) is 0 Å². The molecule has 0 atom stereocenters. The highest BCUT2D eigenvalue weighted by molar-refractivity contribution is 7.92. The third kappa shape index (κ3) is 7.26. The molecule has 0 aliphatic carbocycles. The van der Waals surface area contributed by atoms with E-state index in [1.54, 1.807) is 24.3 Å². The number of para-hydroxylation sites is 1. The molecule has 2 aromatic carbocycles. The first-order valence-corrected chi connectivity index (χ1v) is 11.9. The lowest BCUT2D eigenvalue weighted by atomic mass is 10.1. The molecule has 0 aliphatic rings. The van der Waals surface area contributed by atoms with Crippen molar-refractivity contribution in [2.75, 3.05) is 36.9 Å². The van der Waals surface area contributed by atoms with Crippen molar-refractivity contribution in [3.63, 3.8) is 0 Å². The van der Waals surface area contributed by atoms with E-state index in [9.17, 15) is 13.2 Å². The van der Waals surface area contributed by atoms with Gasteiger partial charge in [-0.05, 0) is 50.5 Å². The van der Waals surface area contributed by atoms with Gasteiger partial charge >= 0.3 is 0 Å². The number of benzene rings is 2. The van der Waals surface area contributed by atoms with Crippen LogP contribution in [0.4, 0.5) is 5.69 Å². The molecule has 0 saturated carbocycles. The number of amides is 1. The number of nitrogens with one attached hydrogen (secondary N) is 1. The Morgan fingerprint density at radius 1 is 1.03 bits per heavy atom. The fraction of sp³-hybridized carbons (Fsp3) is 0.409. The van der Waals surface area contributed by atoms with Crippen LogP contribution in [0.5, 0.6) is 11.5 Å². The van der Waals surface area contributed by atoms with E-state index in [1.165, 1.54) is 0 Å². The fourth-order valence-electron chi connectivity index (χ4n) is 2.99. The minimum atomic E-state index is -3.63. The molecule has 1 amide bonds. The highest BCUT2D eigenvalue weighted by Gasteiger charge is 2.21. The molecule has 0 saturated heterocycles. The summed E-state index contributed by atoms with van der Waals surface area (Å²) in [6.07, 6.45) is 2.55. The molecule has 164 valence electrons. The van der Waals surface area contributed by atoms with Gasteiger partial charge in [-0.1, -0.05) is 24.3 Å². The van der Waals surface area contributed by atoms with Crippen molar-refractivity contribution in [1.82, 2.24) is 5.32 Å². The van der Waals surface area contributed by atoms with Gasteiger partial charge in [0.15, 0.2) is 0 Å². The summed E-state index contributed by atoms with van der Waals surface area (Å²) in [6, 6.07) is 14.5. The standard InChI is InChI=1S/C22H30N2O5S/c1-4-28-20-13-8-12-19(16-20)24(30(3,26)27)17-22(25)23-15-9-11-18-10-6-7-14-21(18)29-5-2/h6-8,10,12-14,16H,4-5,9,11,15,17H2,1-3H3,(H,23,25). The predicted octanol–water partition coefficient (Wildman–Crippen LogP) is 3.00. The zero-order valence-electron chi connectivity index (χ0n) is 17.8. The molecule has 0 bridgehead atoms. The van der Waals surface area contributed by atoms with E-state index in [0.29, 0.717) is 37.6 Å². The van der Waals surface area contributed by atoms with Crippen LogP contribution in [0.15, 0.2) is 48.5 Å². The first-order chi connectivity index (χ1) is 14.3. The molecular formula is C22H30N2O5S. The van der Waals surface area contributed by atoms with Crippen LogP contribution < -0.4 is 19.1 Å². The summed E-state index contributed by atoms with van der Waals surface area (Å²) in [6.45, 7) is 5.00. The molecule has 2 rings (SSSR count). The van der Waals surface area contributed by atoms with Crippen molar-refractivity contribution in [2.45, 2.75) is 26.7 Å². The fourth-order valence-corrected chi connectivity index (χ4v) is 3.84. The number of aryl methyl sites for hydroxylation is 1. The highest BCUT2D eigenvalue weighted by atomic mass is 32.2. The van der Waals surface area contributed by atoms with Crippen LogP contribution >= 0.6 is 0 Å². The lowest BCUT2D eigenvalue weighted by Gasteiger charge is -2.22. The van der Waals surface area contributed by atoms with Gasteiger partial charge in [0.1, 0.15) is 18.0 Å². The number of hydrogen-bond acceptors (Lipinski definition) is 5. The average molecular weight is 435 g/mol. The van der Waals surface area contributed by atoms with E-state index in [0.717, 1.165) is 28.3 Å². The maximum atomic E-state index is 12.4. The van der Waals surface area contributed by atoms with Crippen LogP contribution in [-0.4, -0.2) is 46.9 Å². The predicted molar refractivity (Wildman–Crippen MR) is 119 cm³/mol. The maximum absolute atomic E-state index is 12.4. The average Bonchev–Trinajstić information content (AvgIpc) is 2.70. The number of carbonyl (C=O) groups excluding carboxylic acids is 1. The summed E-state index contributed by atoms with van der Waals surface area (Å²) in [5.74, 6) is 1.04. The van der Waals surface area contributed by atoms with Crippen molar-refractivity contribution < 1.29 is 22.7 Å². The van der Waals surface area contributed by atoms with Gasteiger partial charge < -0.3 is 14.8 Å². The normalized spacial score (nSPS) is 11.0. The minimum absolute atomic E-state index is 0.288. The number of hydrogen-bond donors (Lipinski definition) is 1. The highest BCUT2D eigenvalue weighted by Crippen LogP contribution is 2.23. The van der Waals surface area contributed by atoms with Gasteiger partial charge in [-0.15, -0.1) is 0 Å². The summed E-state index contributed by atoms with van der Waals surface area (Å²) in [5, 5.41) is 2.80. The molecule has 8 heteroatoms. The maximum Gasteiger partial charge on any atom is 0.240 e. The minimum Gasteiger partial charge on any atom is -0.494 e. The van der Waals surface area contributed by atoms with Crippen LogP contribution in [-0.2, 0) is 21.2 Å². The third-order valence-electron chi connectivity index (χ3n) is 4.32. The first-order valence-electron chi connectivity index (χ1n) is 10.0. The second-order valence-electron chi connectivity index (χ2n) is 6.69. The van der Waals surface area contributed by atoms with Crippen LogP contribution in [0, 0.1) is 0 Å². The Balaban J connectivity index is 1.93. The lowest BCUT2D eigenvalue weighted by Crippen LogP contribution is -2.40. The molecule has 0 unspecified atom stereocenters. The van der Waals surface area contributed by atoms with Crippen molar-refractivity contribution in [1.29, 1.82) is 0 Å². The van der Waals surface area contributed by atoms with Crippen LogP contribution in [0.1, 0.15) is 25.8 Å². The molecule has 0 fully saturated rings. The quantitative estimate of drug-likeness (QED) is 0.519. The summed E-state index contributed by atoms with van der Waals surface area (Å²) in [5.41, 5.74) is 1.48. The SMILES string of the molecule is CCOc1cccc(N(CC(=O)NCCCc2ccccc2OCC)S(C)(=O)=O)c1. The van der Waals surface area contributed by atoms with Gasteiger partial charge in [-0.2, -0.15) is 0 Å². The summed E-state index contributed by atoms with van der Waals surface area (Å²) in [7, 11) is -3.63. The van der Waals surface area contributed by atoms with Crippen molar-refractivity contribution >= 4 is 21.6 Å². The Morgan fingerprint density at radius 3 is 2.47 bits per heavy atom. The molecule has 30 heavy (non-hydrogen) atoms. The zero-order valence-corrected chi connectivity index (χ0v) is 18.6. The summed E-state index contributed by atoms with van der Waals surface area (Å²) in [4.78, 5) is 12.4. The Labute approximate surface area is 179 Å². The van der Waals surface area contributed by atoms with Gasteiger partial charge in [0.05, 0.1) is 25.2 Å². The van der Waals surface area contributed by atoms with E-state index in [-0.39, 0.29) is 12.5 Å². The monoisotopic (exact) mass is 434 g/mol. The third-order valence-corrected chi connectivity index (χ3v) is 5.46. The first kappa shape index (κ1) is 23.5. The number of nitrogens with zero attached hydrogens (tertiary/aromatic N) is 1. The van der Waals surface area contributed by atoms with Crippen molar-refractivity contribution in [3.05, 3.63) is 54.1 Å². The number of rotatable bonds is 12. The molecule has 0 spiro atoms. The second-order valence-corrected chi connectivity index (χ2v) is 8.60. The van der Waals surface area contributed by atoms with Gasteiger partial charge in [0.25, 0.3) is 0 Å². The number of sulfonamides is 1. The Hall–Kier alpha value is -2.74. The van der Waals surface area contributed by atoms with Gasteiger partial charge in [-0.25, -0.2) is 8.42 Å². The summed E-state index contributed by atoms with van der Waals surface area (Å²) < 4.78 is 36.6. The molecule has 2 aromatic rings. The second kappa shape index (κ2) is 11.4. The largest absolute Gasteiger partial charge is 0.494 e. The van der Waals surface area contributed by atoms with Gasteiger partial charge in [-0.3, -0.25) is 9.10 Å². The van der Waals surface area contributed by atoms with E-state index >= 15 is 0 Å². The molecule has 7 nitrogen and oxygen atoms in total. The van der Waals surface area contributed by atoms with Gasteiger partial charge in [0.2, 0.25) is 15.9 Å². The summed E-state index contributed by atoms with van der Waals surface area (Å²) >= 11 is 0. The molecule has 0 radical (unpaired) electrons. The molecule has 0 aromatic heterocycles. The topological polar surface area (TPSA) is 84.9 Å². The molecule has 1 N–H and O–H groups in total. The van der Waals surface area contributed by atoms with E-state index in [4.69, 9.17) is 9.47 Å². The van der Waals surface area contributed by atoms with E-state index in [2.05, 4.69) is 5.32 Å². The van der Waals surface area contributed by atoms with E-state index in [1.807, 2.05) is 38.1 Å². The number of anilines is 1.